The number of halogens is 3. The number of hydrogen-bond donors (Lipinski definition) is 1. The standard InChI is InChI=1S/C32H43F3O/c1-9-13-25(8)31(24(7)10-2,32(33,34)35)19-18-26-14-15-27(20-22(26)5)30(11-3,12-4)28-16-17-29(36)23(6)21-28/h14-17,20-21,24-25,36H,9-13H2,1-8H3. The summed E-state index contributed by atoms with van der Waals surface area (Å²) in [5.74, 6) is 4.86. The molecule has 2 aromatic carbocycles. The fraction of sp³-hybridized carbons (Fsp3) is 0.562. The maximum absolute atomic E-state index is 14.6. The van der Waals surface area contributed by atoms with Gasteiger partial charge in [-0.2, -0.15) is 13.2 Å². The first kappa shape index (κ1) is 29.8. The highest BCUT2D eigenvalue weighted by Crippen LogP contribution is 2.52. The Morgan fingerprint density at radius 3 is 1.83 bits per heavy atom. The molecule has 0 aliphatic heterocycles. The molecular weight excluding hydrogens is 457 g/mol. The average Bonchev–Trinajstić information content (AvgIpc) is 2.82. The van der Waals surface area contributed by atoms with Crippen molar-refractivity contribution in [3.8, 4) is 17.6 Å². The fourth-order valence-corrected chi connectivity index (χ4v) is 5.80. The number of rotatable bonds is 9. The van der Waals surface area contributed by atoms with Crippen molar-refractivity contribution in [3.05, 3.63) is 64.2 Å². The van der Waals surface area contributed by atoms with E-state index in [4.69, 9.17) is 0 Å². The molecule has 0 aromatic heterocycles. The van der Waals surface area contributed by atoms with Crippen molar-refractivity contribution in [3.63, 3.8) is 0 Å². The molecule has 1 N–H and O–H groups in total. The molecule has 36 heavy (non-hydrogen) atoms. The van der Waals surface area contributed by atoms with Gasteiger partial charge in [0.2, 0.25) is 0 Å². The molecule has 0 aliphatic rings. The van der Waals surface area contributed by atoms with Gasteiger partial charge in [-0.05, 0) is 79.3 Å². The van der Waals surface area contributed by atoms with E-state index in [1.165, 1.54) is 0 Å². The van der Waals surface area contributed by atoms with Crippen LogP contribution in [-0.4, -0.2) is 11.3 Å². The van der Waals surface area contributed by atoms with Crippen LogP contribution in [0.5, 0.6) is 5.75 Å². The van der Waals surface area contributed by atoms with Gasteiger partial charge in [0, 0.05) is 11.0 Å². The van der Waals surface area contributed by atoms with Crippen LogP contribution in [0.2, 0.25) is 0 Å². The number of aryl methyl sites for hydroxylation is 2. The maximum Gasteiger partial charge on any atom is 0.405 e. The molecule has 3 unspecified atom stereocenters. The summed E-state index contributed by atoms with van der Waals surface area (Å²) in [6.07, 6.45) is -1.10. The zero-order valence-corrected chi connectivity index (χ0v) is 23.2. The van der Waals surface area contributed by atoms with Crippen LogP contribution >= 0.6 is 0 Å². The van der Waals surface area contributed by atoms with Crippen LogP contribution < -0.4 is 0 Å². The molecule has 2 rings (SSSR count). The van der Waals surface area contributed by atoms with Crippen molar-refractivity contribution in [2.24, 2.45) is 17.3 Å². The molecular formula is C32H43F3O. The van der Waals surface area contributed by atoms with Gasteiger partial charge in [-0.15, -0.1) is 0 Å². The van der Waals surface area contributed by atoms with Crippen molar-refractivity contribution >= 4 is 0 Å². The summed E-state index contributed by atoms with van der Waals surface area (Å²) < 4.78 is 43.9. The molecule has 1 nitrogen and oxygen atoms in total. The SMILES string of the molecule is CCCC(C)C(C#Cc1ccc(C(CC)(CC)c2ccc(O)c(C)c2)cc1C)(C(C)CC)C(F)(F)F. The molecule has 0 bridgehead atoms. The summed E-state index contributed by atoms with van der Waals surface area (Å²) >= 11 is 0. The van der Waals surface area contributed by atoms with E-state index in [0.717, 1.165) is 35.1 Å². The average molecular weight is 501 g/mol. The number of hydrogen-bond acceptors (Lipinski definition) is 1. The Labute approximate surface area is 216 Å². The van der Waals surface area contributed by atoms with Crippen molar-refractivity contribution < 1.29 is 18.3 Å². The molecule has 4 heteroatoms. The quantitative estimate of drug-likeness (QED) is 0.340. The summed E-state index contributed by atoms with van der Waals surface area (Å²) in [5, 5.41) is 10.0. The largest absolute Gasteiger partial charge is 0.508 e. The molecule has 0 aliphatic carbocycles. The highest BCUT2D eigenvalue weighted by molar-refractivity contribution is 5.50. The monoisotopic (exact) mass is 500 g/mol. The third-order valence-electron chi connectivity index (χ3n) is 8.50. The topological polar surface area (TPSA) is 20.2 Å². The Bertz CT molecular complexity index is 1080. The highest BCUT2D eigenvalue weighted by atomic mass is 19.4. The van der Waals surface area contributed by atoms with Crippen LogP contribution in [0.1, 0.15) is 101 Å². The lowest BCUT2D eigenvalue weighted by molar-refractivity contribution is -0.235. The zero-order valence-electron chi connectivity index (χ0n) is 23.2. The lowest BCUT2D eigenvalue weighted by atomic mass is 9.65. The van der Waals surface area contributed by atoms with Crippen molar-refractivity contribution in [1.82, 2.24) is 0 Å². The van der Waals surface area contributed by atoms with Gasteiger partial charge in [-0.25, -0.2) is 0 Å². The fourth-order valence-electron chi connectivity index (χ4n) is 5.80. The third-order valence-corrected chi connectivity index (χ3v) is 8.50. The van der Waals surface area contributed by atoms with Gasteiger partial charge in [-0.3, -0.25) is 0 Å². The summed E-state index contributed by atoms with van der Waals surface area (Å²) in [6, 6.07) is 11.7. The van der Waals surface area contributed by atoms with E-state index in [1.807, 2.05) is 52.0 Å². The predicted molar refractivity (Wildman–Crippen MR) is 144 cm³/mol. The summed E-state index contributed by atoms with van der Waals surface area (Å²) in [5.41, 5.74) is 2.30. The second kappa shape index (κ2) is 11.8. The number of phenolic OH excluding ortho intramolecular Hbond substituents is 1. The lowest BCUT2D eigenvalue weighted by Crippen LogP contribution is -2.47. The first-order valence-electron chi connectivity index (χ1n) is 13.4. The van der Waals surface area contributed by atoms with Crippen molar-refractivity contribution in [2.75, 3.05) is 0 Å². The Morgan fingerprint density at radius 2 is 1.39 bits per heavy atom. The van der Waals surface area contributed by atoms with Crippen LogP contribution in [0.3, 0.4) is 0 Å². The maximum atomic E-state index is 14.6. The number of aromatic hydroxyl groups is 1. The Balaban J connectivity index is 2.65. The lowest BCUT2D eigenvalue weighted by Gasteiger charge is -2.41. The highest BCUT2D eigenvalue weighted by Gasteiger charge is 2.59. The molecule has 0 amide bonds. The second-order valence-electron chi connectivity index (χ2n) is 10.4. The molecule has 0 saturated heterocycles. The zero-order chi connectivity index (χ0) is 27.3. The summed E-state index contributed by atoms with van der Waals surface area (Å²) in [4.78, 5) is 0. The van der Waals surface area contributed by atoms with E-state index in [9.17, 15) is 18.3 Å². The molecule has 0 fully saturated rings. The van der Waals surface area contributed by atoms with Gasteiger partial charge in [-0.1, -0.05) is 90.5 Å². The summed E-state index contributed by atoms with van der Waals surface area (Å²) in [6.45, 7) is 15.2. The predicted octanol–water partition coefficient (Wildman–Crippen LogP) is 9.50. The van der Waals surface area contributed by atoms with Crippen LogP contribution in [0.4, 0.5) is 13.2 Å². The van der Waals surface area contributed by atoms with Gasteiger partial charge in [0.05, 0.1) is 0 Å². The van der Waals surface area contributed by atoms with Crippen molar-refractivity contribution in [2.45, 2.75) is 99.1 Å². The van der Waals surface area contributed by atoms with E-state index in [0.29, 0.717) is 24.8 Å². The van der Waals surface area contributed by atoms with Crippen LogP contribution in [-0.2, 0) is 5.41 Å². The smallest absolute Gasteiger partial charge is 0.405 e. The minimum Gasteiger partial charge on any atom is -0.508 e. The van der Waals surface area contributed by atoms with Gasteiger partial charge in [0.25, 0.3) is 0 Å². The number of alkyl halides is 3. The van der Waals surface area contributed by atoms with Gasteiger partial charge in [0.15, 0.2) is 0 Å². The first-order chi connectivity index (χ1) is 16.8. The van der Waals surface area contributed by atoms with E-state index in [-0.39, 0.29) is 11.2 Å². The first-order valence-corrected chi connectivity index (χ1v) is 13.4. The van der Waals surface area contributed by atoms with Gasteiger partial charge in [0.1, 0.15) is 11.2 Å². The van der Waals surface area contributed by atoms with E-state index in [1.54, 1.807) is 19.9 Å². The van der Waals surface area contributed by atoms with Crippen LogP contribution in [0.15, 0.2) is 36.4 Å². The van der Waals surface area contributed by atoms with Crippen LogP contribution in [0.25, 0.3) is 0 Å². The Morgan fingerprint density at radius 1 is 0.833 bits per heavy atom. The minimum absolute atomic E-state index is 0.253. The molecule has 0 heterocycles. The minimum atomic E-state index is -4.41. The number of benzene rings is 2. The summed E-state index contributed by atoms with van der Waals surface area (Å²) in [7, 11) is 0. The molecule has 2 aromatic rings. The molecule has 0 spiro atoms. The van der Waals surface area contributed by atoms with Crippen molar-refractivity contribution in [1.29, 1.82) is 0 Å². The number of phenols is 1. The molecule has 3 atom stereocenters. The molecule has 0 saturated carbocycles. The van der Waals surface area contributed by atoms with E-state index >= 15 is 0 Å². The van der Waals surface area contributed by atoms with Gasteiger partial charge < -0.3 is 5.11 Å². The van der Waals surface area contributed by atoms with E-state index in [2.05, 4.69) is 31.8 Å². The Hall–Kier alpha value is -2.41. The van der Waals surface area contributed by atoms with E-state index < -0.39 is 23.4 Å². The Kier molecular flexibility index (Phi) is 9.74. The molecule has 0 radical (unpaired) electrons. The third kappa shape index (κ3) is 5.46. The molecule has 198 valence electrons. The van der Waals surface area contributed by atoms with Crippen LogP contribution in [0, 0.1) is 42.9 Å². The second-order valence-corrected chi connectivity index (χ2v) is 10.4. The normalized spacial score (nSPS) is 15.5. The van der Waals surface area contributed by atoms with Gasteiger partial charge >= 0.3 is 6.18 Å².